The van der Waals surface area contributed by atoms with E-state index >= 15 is 0 Å². The van der Waals surface area contributed by atoms with Gasteiger partial charge >= 0.3 is 12.1 Å². The first kappa shape index (κ1) is 27.9. The fourth-order valence-electron chi connectivity index (χ4n) is 4.44. The molecule has 9 nitrogen and oxygen atoms in total. The van der Waals surface area contributed by atoms with E-state index in [0.29, 0.717) is 35.2 Å². The minimum atomic E-state index is -1.07. The van der Waals surface area contributed by atoms with Crippen LogP contribution in [0.5, 0.6) is 0 Å². The van der Waals surface area contributed by atoms with E-state index in [-0.39, 0.29) is 12.5 Å². The fourth-order valence-corrected chi connectivity index (χ4v) is 4.44. The molecule has 1 atom stereocenters. The Morgan fingerprint density at radius 3 is 2.35 bits per heavy atom. The summed E-state index contributed by atoms with van der Waals surface area (Å²) in [5.41, 5.74) is 6.44. The molecule has 4 amide bonds. The number of aromatic nitrogens is 1. The second-order valence-electron chi connectivity index (χ2n) is 10.4. The first-order valence-electron chi connectivity index (χ1n) is 12.5. The number of urea groups is 1. The third-order valence-corrected chi connectivity index (χ3v) is 6.29. The number of imide groups is 1. The van der Waals surface area contributed by atoms with Crippen LogP contribution in [0.4, 0.5) is 14.0 Å². The molecule has 1 saturated carbocycles. The maximum atomic E-state index is 13.8. The van der Waals surface area contributed by atoms with Crippen LogP contribution in [0.1, 0.15) is 64.1 Å². The summed E-state index contributed by atoms with van der Waals surface area (Å²) in [6, 6.07) is 5.97. The van der Waals surface area contributed by atoms with E-state index in [1.807, 2.05) is 0 Å². The predicted octanol–water partition coefficient (Wildman–Crippen LogP) is 4.17. The highest BCUT2D eigenvalue weighted by molar-refractivity contribution is 5.94. The van der Waals surface area contributed by atoms with E-state index in [1.165, 1.54) is 6.07 Å². The molecule has 0 spiro atoms. The Morgan fingerprint density at radius 2 is 1.78 bits per heavy atom. The second-order valence-corrected chi connectivity index (χ2v) is 10.4. The van der Waals surface area contributed by atoms with Gasteiger partial charge in [-0.15, -0.1) is 0 Å². The quantitative estimate of drug-likeness (QED) is 0.532. The molecule has 10 heteroatoms. The lowest BCUT2D eigenvalue weighted by Gasteiger charge is -2.34. The number of hydrogen-bond acceptors (Lipinski definition) is 5. The van der Waals surface area contributed by atoms with E-state index in [1.54, 1.807) is 52.0 Å². The van der Waals surface area contributed by atoms with Crippen LogP contribution >= 0.6 is 0 Å². The third kappa shape index (κ3) is 7.41. The summed E-state index contributed by atoms with van der Waals surface area (Å²) in [7, 11) is 0. The molecule has 1 fully saturated rings. The van der Waals surface area contributed by atoms with Crippen molar-refractivity contribution in [2.45, 2.75) is 83.9 Å². The Balaban J connectivity index is 1.77. The molecular weight excluding hydrogens is 479 g/mol. The van der Waals surface area contributed by atoms with Crippen molar-refractivity contribution in [2.75, 3.05) is 0 Å². The number of rotatable bonds is 6. The number of aryl methyl sites for hydroxylation is 1. The molecule has 1 aliphatic carbocycles. The zero-order valence-electron chi connectivity index (χ0n) is 21.7. The molecule has 1 aliphatic rings. The molecule has 0 bridgehead atoms. The molecule has 0 radical (unpaired) electrons. The van der Waals surface area contributed by atoms with Gasteiger partial charge in [0.1, 0.15) is 11.6 Å². The number of hydrogen-bond donors (Lipinski definition) is 3. The summed E-state index contributed by atoms with van der Waals surface area (Å²) in [5, 5.41) is 2.62. The number of nitrogens with one attached hydrogen (secondary N) is 2. The monoisotopic (exact) mass is 514 g/mol. The van der Waals surface area contributed by atoms with Gasteiger partial charge in [0.05, 0.1) is 0 Å². The molecule has 0 aliphatic heterocycles. The normalized spacial score (nSPS) is 15.1. The third-order valence-electron chi connectivity index (χ3n) is 6.29. The van der Waals surface area contributed by atoms with Crippen molar-refractivity contribution in [1.82, 2.24) is 15.2 Å². The number of benzene rings is 1. The Morgan fingerprint density at radius 1 is 1.16 bits per heavy atom. The van der Waals surface area contributed by atoms with Crippen LogP contribution in [-0.4, -0.2) is 45.6 Å². The number of nitrogens with zero attached hydrogens (tertiary/aromatic N) is 1. The first-order valence-corrected chi connectivity index (χ1v) is 12.5. The van der Waals surface area contributed by atoms with Crippen molar-refractivity contribution in [2.24, 2.45) is 5.73 Å². The number of pyridine rings is 1. The highest BCUT2D eigenvalue weighted by Gasteiger charge is 2.35. The molecule has 200 valence electrons. The maximum Gasteiger partial charge on any atom is 0.418 e. The predicted molar refractivity (Wildman–Crippen MR) is 137 cm³/mol. The highest BCUT2D eigenvalue weighted by Crippen LogP contribution is 2.25. The fraction of sp³-hybridized carbons (Fsp3) is 0.481. The van der Waals surface area contributed by atoms with Gasteiger partial charge in [-0.3, -0.25) is 9.59 Å². The molecule has 37 heavy (non-hydrogen) atoms. The van der Waals surface area contributed by atoms with Crippen LogP contribution in [0, 0.1) is 12.7 Å². The lowest BCUT2D eigenvalue weighted by atomic mass is 9.94. The van der Waals surface area contributed by atoms with Crippen LogP contribution in [0.15, 0.2) is 35.1 Å². The van der Waals surface area contributed by atoms with Crippen LogP contribution in [-0.2, 0) is 16.0 Å². The highest BCUT2D eigenvalue weighted by atomic mass is 19.1. The lowest BCUT2D eigenvalue weighted by Crippen LogP contribution is -2.56. The van der Waals surface area contributed by atoms with E-state index in [2.05, 4.69) is 10.3 Å². The van der Waals surface area contributed by atoms with Gasteiger partial charge in [0, 0.05) is 23.7 Å². The number of carbonyl (C=O) groups excluding carboxylic acids is 3. The van der Waals surface area contributed by atoms with Crippen LogP contribution in [0.2, 0.25) is 0 Å². The lowest BCUT2D eigenvalue weighted by molar-refractivity contribution is -0.119. The summed E-state index contributed by atoms with van der Waals surface area (Å²) in [5.74, 6) is -1.63. The van der Waals surface area contributed by atoms with Crippen LogP contribution in [0.25, 0.3) is 11.1 Å². The number of H-pyrrole nitrogens is 1. The first-order chi connectivity index (χ1) is 17.4. The summed E-state index contributed by atoms with van der Waals surface area (Å²) in [6.45, 7) is 6.84. The molecule has 1 aromatic heterocycles. The number of nitrogens with two attached hydrogens (primary N) is 1. The molecule has 1 aromatic carbocycles. The Bertz CT molecular complexity index is 1200. The van der Waals surface area contributed by atoms with Crippen molar-refractivity contribution >= 4 is 18.0 Å². The van der Waals surface area contributed by atoms with E-state index in [9.17, 15) is 23.6 Å². The Kier molecular flexibility index (Phi) is 8.73. The van der Waals surface area contributed by atoms with Gasteiger partial charge in [-0.1, -0.05) is 43.5 Å². The average Bonchev–Trinajstić information content (AvgIpc) is 2.81. The molecule has 0 saturated heterocycles. The average molecular weight is 515 g/mol. The molecular formula is C27H35FN4O5. The van der Waals surface area contributed by atoms with Gasteiger partial charge in [-0.2, -0.15) is 0 Å². The van der Waals surface area contributed by atoms with Crippen molar-refractivity contribution in [1.29, 1.82) is 0 Å². The maximum absolute atomic E-state index is 13.8. The number of halogens is 1. The summed E-state index contributed by atoms with van der Waals surface area (Å²) >= 11 is 0. The summed E-state index contributed by atoms with van der Waals surface area (Å²) in [6.07, 6.45) is 3.48. The van der Waals surface area contributed by atoms with Gasteiger partial charge in [-0.25, -0.2) is 18.9 Å². The number of amides is 4. The van der Waals surface area contributed by atoms with E-state index in [4.69, 9.17) is 10.5 Å². The number of aromatic amines is 1. The second kappa shape index (κ2) is 11.6. The van der Waals surface area contributed by atoms with Crippen molar-refractivity contribution in [3.63, 3.8) is 0 Å². The molecule has 2 aromatic rings. The number of carbonyl (C=O) groups is 3. The topological polar surface area (TPSA) is 135 Å². The zero-order valence-corrected chi connectivity index (χ0v) is 21.7. The van der Waals surface area contributed by atoms with Gasteiger partial charge in [0.15, 0.2) is 5.82 Å². The smallest absolute Gasteiger partial charge is 0.418 e. The van der Waals surface area contributed by atoms with Crippen molar-refractivity contribution in [3.05, 3.63) is 57.8 Å². The van der Waals surface area contributed by atoms with Gasteiger partial charge < -0.3 is 20.8 Å². The SMILES string of the molecule is Cc1[nH]c(=O)c(F)cc1-c1ccc(C[C@H](NC(=O)N(C(=O)OC(C)(C)C)C2CCCCC2)C(N)=O)cc1. The number of ether oxygens (including phenoxy) is 1. The Hall–Kier alpha value is -3.69. The molecule has 1 heterocycles. The van der Waals surface area contributed by atoms with Gasteiger partial charge in [0.2, 0.25) is 5.91 Å². The van der Waals surface area contributed by atoms with E-state index in [0.717, 1.165) is 24.2 Å². The van der Waals surface area contributed by atoms with Crippen LogP contribution in [0.3, 0.4) is 0 Å². The molecule has 0 unspecified atom stereocenters. The van der Waals surface area contributed by atoms with E-state index < -0.39 is 41.1 Å². The molecule has 4 N–H and O–H groups in total. The number of primary amides is 1. The van der Waals surface area contributed by atoms with Crippen molar-refractivity contribution < 1.29 is 23.5 Å². The van der Waals surface area contributed by atoms with Gasteiger partial charge in [0.25, 0.3) is 5.56 Å². The summed E-state index contributed by atoms with van der Waals surface area (Å²) < 4.78 is 19.3. The van der Waals surface area contributed by atoms with Crippen LogP contribution < -0.4 is 16.6 Å². The minimum absolute atomic E-state index is 0.0904. The van der Waals surface area contributed by atoms with Crippen molar-refractivity contribution in [3.8, 4) is 11.1 Å². The largest absolute Gasteiger partial charge is 0.443 e. The standard InChI is InChI=1S/C27H35FN4O5/c1-16-20(15-21(28)24(34)30-16)18-12-10-17(11-13-18)14-22(23(29)33)31-25(35)32(19-8-6-5-7-9-19)26(36)37-27(2,3)4/h10-13,15,19,22H,5-9,14H2,1-4H3,(H2,29,33)(H,30,34)(H,31,35)/t22-/m0/s1. The zero-order chi connectivity index (χ0) is 27.3. The van der Waals surface area contributed by atoms with Gasteiger partial charge in [-0.05, 0) is 57.7 Å². The summed E-state index contributed by atoms with van der Waals surface area (Å²) in [4.78, 5) is 53.4. The minimum Gasteiger partial charge on any atom is -0.443 e. The Labute approximate surface area is 215 Å². The molecule has 3 rings (SSSR count).